The van der Waals surface area contributed by atoms with Gasteiger partial charge in [-0.05, 0) is 43.3 Å². The molecule has 1 atom stereocenters. The Kier molecular flexibility index (Phi) is 7.13. The highest BCUT2D eigenvalue weighted by atomic mass is 16.5. The lowest BCUT2D eigenvalue weighted by atomic mass is 10.2. The molecule has 0 unspecified atom stereocenters. The molecule has 0 spiro atoms. The van der Waals surface area contributed by atoms with Crippen molar-refractivity contribution in [3.05, 3.63) is 48.0 Å². The minimum Gasteiger partial charge on any atom is -0.497 e. The molecule has 1 saturated heterocycles. The summed E-state index contributed by atoms with van der Waals surface area (Å²) in [6.07, 6.45) is -0.983. The van der Waals surface area contributed by atoms with Crippen molar-refractivity contribution in [3.63, 3.8) is 0 Å². The summed E-state index contributed by atoms with van der Waals surface area (Å²) in [6.45, 7) is 4.62. The summed E-state index contributed by atoms with van der Waals surface area (Å²) in [5.41, 5.74) is 1.91. The molecule has 1 heterocycles. The van der Waals surface area contributed by atoms with Crippen LogP contribution in [0.3, 0.4) is 0 Å². The second kappa shape index (κ2) is 9.98. The summed E-state index contributed by atoms with van der Waals surface area (Å²) >= 11 is 0. The topological polar surface area (TPSA) is 86.3 Å². The lowest BCUT2D eigenvalue weighted by Crippen LogP contribution is -2.36. The number of carbonyl (C=O) groups is 2. The normalized spacial score (nSPS) is 14.6. The standard InChI is InChI=1S/C22H26N2O6/c1-15(30-22(26)19-9-8-18(27-2)14-20(19)28-3)21(25)23-16-4-6-17(7-5-16)24-10-12-29-13-11-24/h4-9,14-15H,10-13H2,1-3H3,(H,23,25)/t15-/m1/s1. The molecular formula is C22H26N2O6. The predicted molar refractivity (Wildman–Crippen MR) is 113 cm³/mol. The van der Waals surface area contributed by atoms with E-state index in [2.05, 4.69) is 10.2 Å². The van der Waals surface area contributed by atoms with Gasteiger partial charge in [-0.3, -0.25) is 4.79 Å². The lowest BCUT2D eigenvalue weighted by Gasteiger charge is -2.28. The van der Waals surface area contributed by atoms with E-state index in [1.165, 1.54) is 27.2 Å². The van der Waals surface area contributed by atoms with Crippen molar-refractivity contribution in [2.24, 2.45) is 0 Å². The van der Waals surface area contributed by atoms with Crippen LogP contribution in [0.25, 0.3) is 0 Å². The number of ether oxygens (including phenoxy) is 4. The first-order chi connectivity index (χ1) is 14.5. The molecule has 0 bridgehead atoms. The van der Waals surface area contributed by atoms with Gasteiger partial charge in [0, 0.05) is 30.5 Å². The number of carbonyl (C=O) groups excluding carboxylic acids is 2. The van der Waals surface area contributed by atoms with Gasteiger partial charge in [0.15, 0.2) is 6.10 Å². The van der Waals surface area contributed by atoms with Crippen LogP contribution in [0.2, 0.25) is 0 Å². The third kappa shape index (κ3) is 5.21. The molecule has 1 fully saturated rings. The molecule has 1 aliphatic rings. The maximum absolute atomic E-state index is 12.5. The van der Waals surface area contributed by atoms with E-state index in [1.54, 1.807) is 12.1 Å². The van der Waals surface area contributed by atoms with Crippen LogP contribution in [0.1, 0.15) is 17.3 Å². The fourth-order valence-corrected chi connectivity index (χ4v) is 3.07. The Balaban J connectivity index is 1.58. The van der Waals surface area contributed by atoms with Crippen molar-refractivity contribution in [1.29, 1.82) is 0 Å². The van der Waals surface area contributed by atoms with Crippen molar-refractivity contribution in [2.75, 3.05) is 50.7 Å². The molecule has 1 aliphatic heterocycles. The number of anilines is 2. The maximum Gasteiger partial charge on any atom is 0.342 e. The van der Waals surface area contributed by atoms with Gasteiger partial charge in [0.2, 0.25) is 0 Å². The van der Waals surface area contributed by atoms with Crippen LogP contribution in [0.4, 0.5) is 11.4 Å². The number of nitrogens with one attached hydrogen (secondary N) is 1. The third-order valence-electron chi connectivity index (χ3n) is 4.79. The van der Waals surface area contributed by atoms with Crippen molar-refractivity contribution in [3.8, 4) is 11.5 Å². The summed E-state index contributed by atoms with van der Waals surface area (Å²) in [5.74, 6) is -0.213. The minimum absolute atomic E-state index is 0.216. The van der Waals surface area contributed by atoms with E-state index in [0.717, 1.165) is 18.8 Å². The van der Waals surface area contributed by atoms with Gasteiger partial charge < -0.3 is 29.2 Å². The summed E-state index contributed by atoms with van der Waals surface area (Å²) in [4.78, 5) is 27.2. The Bertz CT molecular complexity index is 878. The number of nitrogens with zero attached hydrogens (tertiary/aromatic N) is 1. The van der Waals surface area contributed by atoms with Gasteiger partial charge in [-0.25, -0.2) is 4.79 Å². The highest BCUT2D eigenvalue weighted by Crippen LogP contribution is 2.25. The number of hydrogen-bond acceptors (Lipinski definition) is 7. The molecule has 1 N–H and O–H groups in total. The number of morpholine rings is 1. The van der Waals surface area contributed by atoms with E-state index >= 15 is 0 Å². The molecule has 2 aromatic rings. The minimum atomic E-state index is -0.983. The summed E-state index contributed by atoms with van der Waals surface area (Å²) in [6, 6.07) is 12.3. The molecule has 8 heteroatoms. The molecule has 30 heavy (non-hydrogen) atoms. The Morgan fingerprint density at radius 1 is 1.03 bits per heavy atom. The summed E-state index contributed by atoms with van der Waals surface area (Å²) in [7, 11) is 2.97. The second-order valence-electron chi connectivity index (χ2n) is 6.75. The van der Waals surface area contributed by atoms with Gasteiger partial charge in [-0.15, -0.1) is 0 Å². The van der Waals surface area contributed by atoms with E-state index in [1.807, 2.05) is 24.3 Å². The zero-order valence-corrected chi connectivity index (χ0v) is 17.3. The van der Waals surface area contributed by atoms with E-state index in [0.29, 0.717) is 30.4 Å². The molecule has 8 nitrogen and oxygen atoms in total. The Morgan fingerprint density at radius 3 is 2.37 bits per heavy atom. The molecule has 3 rings (SSSR count). The smallest absolute Gasteiger partial charge is 0.342 e. The average Bonchev–Trinajstić information content (AvgIpc) is 2.79. The molecule has 0 saturated carbocycles. The summed E-state index contributed by atoms with van der Waals surface area (Å²) in [5, 5.41) is 2.76. The number of amides is 1. The Hall–Kier alpha value is -3.26. The van der Waals surface area contributed by atoms with Crippen molar-refractivity contribution < 1.29 is 28.5 Å². The third-order valence-corrected chi connectivity index (χ3v) is 4.79. The fraction of sp³-hybridized carbons (Fsp3) is 0.364. The van der Waals surface area contributed by atoms with Crippen LogP contribution in [-0.2, 0) is 14.3 Å². The van der Waals surface area contributed by atoms with Crippen molar-refractivity contribution in [2.45, 2.75) is 13.0 Å². The van der Waals surface area contributed by atoms with Crippen molar-refractivity contribution in [1.82, 2.24) is 0 Å². The lowest BCUT2D eigenvalue weighted by molar-refractivity contribution is -0.123. The van der Waals surface area contributed by atoms with E-state index in [9.17, 15) is 9.59 Å². The van der Waals surface area contributed by atoms with Crippen LogP contribution in [0.15, 0.2) is 42.5 Å². The maximum atomic E-state index is 12.5. The molecule has 0 aromatic heterocycles. The highest BCUT2D eigenvalue weighted by molar-refractivity contribution is 5.98. The van der Waals surface area contributed by atoms with Gasteiger partial charge in [-0.2, -0.15) is 0 Å². The van der Waals surface area contributed by atoms with Crippen LogP contribution in [0, 0.1) is 0 Å². The first-order valence-electron chi connectivity index (χ1n) is 9.68. The number of benzene rings is 2. The Morgan fingerprint density at radius 2 is 1.73 bits per heavy atom. The first-order valence-corrected chi connectivity index (χ1v) is 9.68. The zero-order chi connectivity index (χ0) is 21.5. The first kappa shape index (κ1) is 21.4. The van der Waals surface area contributed by atoms with E-state index < -0.39 is 18.0 Å². The van der Waals surface area contributed by atoms with Crippen LogP contribution in [0.5, 0.6) is 11.5 Å². The quantitative estimate of drug-likeness (QED) is 0.697. The van der Waals surface area contributed by atoms with Crippen molar-refractivity contribution >= 4 is 23.3 Å². The van der Waals surface area contributed by atoms with Crippen LogP contribution >= 0.6 is 0 Å². The van der Waals surface area contributed by atoms with Crippen LogP contribution in [-0.4, -0.2) is 58.5 Å². The SMILES string of the molecule is COc1ccc(C(=O)O[C@H](C)C(=O)Nc2ccc(N3CCOCC3)cc2)c(OC)c1. The van der Waals surface area contributed by atoms with Crippen LogP contribution < -0.4 is 19.7 Å². The zero-order valence-electron chi connectivity index (χ0n) is 17.3. The second-order valence-corrected chi connectivity index (χ2v) is 6.75. The highest BCUT2D eigenvalue weighted by Gasteiger charge is 2.22. The molecule has 160 valence electrons. The molecule has 2 aromatic carbocycles. The average molecular weight is 414 g/mol. The summed E-state index contributed by atoms with van der Waals surface area (Å²) < 4.78 is 21.0. The largest absolute Gasteiger partial charge is 0.497 e. The molecule has 1 amide bonds. The number of methoxy groups -OCH3 is 2. The molecular weight excluding hydrogens is 388 g/mol. The Labute approximate surface area is 175 Å². The molecule has 0 aliphatic carbocycles. The van der Waals surface area contributed by atoms with Gasteiger partial charge in [-0.1, -0.05) is 0 Å². The van der Waals surface area contributed by atoms with Gasteiger partial charge in [0.1, 0.15) is 17.1 Å². The van der Waals surface area contributed by atoms with Gasteiger partial charge >= 0.3 is 5.97 Å². The van der Waals surface area contributed by atoms with Gasteiger partial charge in [0.25, 0.3) is 5.91 Å². The predicted octanol–water partition coefficient (Wildman–Crippen LogP) is 2.72. The number of rotatable bonds is 7. The fourth-order valence-electron chi connectivity index (χ4n) is 3.07. The number of esters is 1. The van der Waals surface area contributed by atoms with E-state index in [4.69, 9.17) is 18.9 Å². The van der Waals surface area contributed by atoms with Gasteiger partial charge in [0.05, 0.1) is 27.4 Å². The monoisotopic (exact) mass is 414 g/mol. The molecule has 0 radical (unpaired) electrons. The van der Waals surface area contributed by atoms with E-state index in [-0.39, 0.29) is 5.56 Å². The number of hydrogen-bond donors (Lipinski definition) is 1.